The highest BCUT2D eigenvalue weighted by atomic mass is 35.5. The van der Waals surface area contributed by atoms with Crippen molar-refractivity contribution in [3.05, 3.63) is 99.4 Å². The first kappa shape index (κ1) is 23.6. The van der Waals surface area contributed by atoms with Crippen molar-refractivity contribution < 1.29 is 19.1 Å². The molecule has 6 nitrogen and oxygen atoms in total. The van der Waals surface area contributed by atoms with Gasteiger partial charge < -0.3 is 10.1 Å². The molecular weight excluding hydrogens is 472 g/mol. The van der Waals surface area contributed by atoms with Crippen LogP contribution in [0, 0.1) is 6.92 Å². The Morgan fingerprint density at radius 1 is 1.03 bits per heavy atom. The van der Waals surface area contributed by atoms with Crippen molar-refractivity contribution in [2.24, 2.45) is 0 Å². The fourth-order valence-electron chi connectivity index (χ4n) is 3.23. The monoisotopic (exact) mass is 492 g/mol. The molecule has 3 amide bonds. The molecule has 1 saturated heterocycles. The maximum absolute atomic E-state index is 12.9. The molecule has 0 radical (unpaired) electrons. The number of nitrogens with one attached hydrogen (secondary N) is 1. The Morgan fingerprint density at radius 2 is 1.74 bits per heavy atom. The van der Waals surface area contributed by atoms with Crippen LogP contribution >= 0.6 is 23.4 Å². The second-order valence-electron chi connectivity index (χ2n) is 7.64. The number of carbonyl (C=O) groups is 3. The number of hydrogen-bond acceptors (Lipinski definition) is 5. The third kappa shape index (κ3) is 5.87. The van der Waals surface area contributed by atoms with Gasteiger partial charge in [0, 0.05) is 16.3 Å². The Kier molecular flexibility index (Phi) is 7.35. The highest BCUT2D eigenvalue weighted by Crippen LogP contribution is 2.34. The Bertz CT molecular complexity index is 1260. The molecule has 1 aliphatic heterocycles. The molecule has 8 heteroatoms. The molecule has 0 atom stereocenters. The van der Waals surface area contributed by atoms with Crippen LogP contribution in [-0.2, 0) is 16.2 Å². The van der Waals surface area contributed by atoms with Gasteiger partial charge in [-0.1, -0.05) is 59.6 Å². The molecule has 0 saturated carbocycles. The van der Waals surface area contributed by atoms with Crippen molar-refractivity contribution in [3.63, 3.8) is 0 Å². The summed E-state index contributed by atoms with van der Waals surface area (Å²) in [5, 5.41) is 2.86. The number of carbonyl (C=O) groups excluding carboxylic acids is 3. The number of rotatable bonds is 7. The number of anilines is 1. The Hall–Kier alpha value is -3.55. The second-order valence-corrected chi connectivity index (χ2v) is 9.06. The molecule has 3 aromatic rings. The topological polar surface area (TPSA) is 75.7 Å². The molecule has 0 aromatic heterocycles. The van der Waals surface area contributed by atoms with E-state index in [9.17, 15) is 14.4 Å². The lowest BCUT2D eigenvalue weighted by Crippen LogP contribution is -2.36. The van der Waals surface area contributed by atoms with Crippen LogP contribution in [0.5, 0.6) is 5.75 Å². The van der Waals surface area contributed by atoms with E-state index in [1.54, 1.807) is 42.5 Å². The highest BCUT2D eigenvalue weighted by molar-refractivity contribution is 8.18. The molecule has 1 fully saturated rings. The van der Waals surface area contributed by atoms with Gasteiger partial charge in [-0.05, 0) is 60.7 Å². The van der Waals surface area contributed by atoms with Gasteiger partial charge in [0.15, 0.2) is 0 Å². The summed E-state index contributed by atoms with van der Waals surface area (Å²) in [7, 11) is 0. The number of aryl methyl sites for hydroxylation is 1. The summed E-state index contributed by atoms with van der Waals surface area (Å²) in [5.41, 5.74) is 3.27. The van der Waals surface area contributed by atoms with E-state index in [-0.39, 0.29) is 11.4 Å². The molecule has 0 aliphatic carbocycles. The molecule has 1 aliphatic rings. The van der Waals surface area contributed by atoms with Gasteiger partial charge in [-0.2, -0.15) is 0 Å². The van der Waals surface area contributed by atoms with Crippen molar-refractivity contribution in [1.82, 2.24) is 4.90 Å². The molecule has 1 N–H and O–H groups in total. The van der Waals surface area contributed by atoms with Crippen LogP contribution in [0.4, 0.5) is 10.5 Å². The van der Waals surface area contributed by atoms with E-state index >= 15 is 0 Å². The molecule has 0 bridgehead atoms. The van der Waals surface area contributed by atoms with Crippen molar-refractivity contribution in [2.45, 2.75) is 13.5 Å². The van der Waals surface area contributed by atoms with Gasteiger partial charge >= 0.3 is 0 Å². The minimum atomic E-state index is -0.512. The third-order valence-corrected chi connectivity index (χ3v) is 6.18. The predicted octanol–water partition coefficient (Wildman–Crippen LogP) is 5.90. The molecule has 34 heavy (non-hydrogen) atoms. The lowest BCUT2D eigenvalue weighted by molar-refractivity contribution is -0.127. The first-order chi connectivity index (χ1) is 16.4. The van der Waals surface area contributed by atoms with E-state index in [0.29, 0.717) is 28.6 Å². The Labute approximate surface area is 206 Å². The minimum absolute atomic E-state index is 0.232. The number of hydrogen-bond donors (Lipinski definition) is 1. The summed E-state index contributed by atoms with van der Waals surface area (Å²) in [5.74, 6) is -0.387. The van der Waals surface area contributed by atoms with Crippen LogP contribution in [0.25, 0.3) is 6.08 Å². The van der Waals surface area contributed by atoms with Gasteiger partial charge in [0.1, 0.15) is 18.9 Å². The van der Waals surface area contributed by atoms with Crippen molar-refractivity contribution >= 4 is 52.2 Å². The summed E-state index contributed by atoms with van der Waals surface area (Å²) in [6.45, 7) is 1.91. The smallest absolute Gasteiger partial charge is 0.294 e. The summed E-state index contributed by atoms with van der Waals surface area (Å²) in [6, 6.07) is 21.8. The van der Waals surface area contributed by atoms with E-state index in [2.05, 4.69) is 5.32 Å². The van der Waals surface area contributed by atoms with E-state index in [0.717, 1.165) is 27.8 Å². The van der Waals surface area contributed by atoms with E-state index < -0.39 is 17.1 Å². The van der Waals surface area contributed by atoms with Crippen molar-refractivity contribution in [1.29, 1.82) is 0 Å². The number of thioether (sulfide) groups is 1. The largest absolute Gasteiger partial charge is 0.488 e. The molecular formula is C26H21ClN2O4S. The fraction of sp³-hybridized carbons (Fsp3) is 0.115. The second kappa shape index (κ2) is 10.6. The number of nitrogens with zero attached hydrogens (tertiary/aromatic N) is 1. The fourth-order valence-corrected chi connectivity index (χ4v) is 4.19. The van der Waals surface area contributed by atoms with E-state index in [1.165, 1.54) is 0 Å². The van der Waals surface area contributed by atoms with Gasteiger partial charge in [0.05, 0.1) is 4.91 Å². The zero-order chi connectivity index (χ0) is 24.1. The summed E-state index contributed by atoms with van der Waals surface area (Å²) < 4.78 is 5.93. The first-order valence-corrected chi connectivity index (χ1v) is 11.7. The molecule has 0 unspecified atom stereocenters. The highest BCUT2D eigenvalue weighted by Gasteiger charge is 2.36. The number of ether oxygens (including phenoxy) is 1. The Morgan fingerprint density at radius 3 is 2.47 bits per heavy atom. The summed E-state index contributed by atoms with van der Waals surface area (Å²) in [4.78, 5) is 38.9. The zero-order valence-electron chi connectivity index (χ0n) is 18.3. The molecule has 172 valence electrons. The predicted molar refractivity (Wildman–Crippen MR) is 135 cm³/mol. The average molecular weight is 493 g/mol. The van der Waals surface area contributed by atoms with Gasteiger partial charge in [-0.25, -0.2) is 0 Å². The lowest BCUT2D eigenvalue weighted by atomic mass is 10.1. The summed E-state index contributed by atoms with van der Waals surface area (Å²) >= 11 is 6.72. The van der Waals surface area contributed by atoms with Gasteiger partial charge in [0.2, 0.25) is 5.91 Å². The maximum atomic E-state index is 12.9. The average Bonchev–Trinajstić information content (AvgIpc) is 3.08. The van der Waals surface area contributed by atoms with Crippen molar-refractivity contribution in [2.75, 3.05) is 11.9 Å². The van der Waals surface area contributed by atoms with Crippen LogP contribution in [0.15, 0.2) is 77.7 Å². The van der Waals surface area contributed by atoms with E-state index in [4.69, 9.17) is 16.3 Å². The SMILES string of the molecule is Cc1ccc(NC(=O)CN2C(=O)S/C(=C/c3ccccc3OCc3ccc(Cl)cc3)C2=O)cc1. The van der Waals surface area contributed by atoms with Crippen LogP contribution in [0.2, 0.25) is 5.02 Å². The van der Waals surface area contributed by atoms with E-state index in [1.807, 2.05) is 43.3 Å². The van der Waals surface area contributed by atoms with Gasteiger partial charge in [-0.15, -0.1) is 0 Å². The van der Waals surface area contributed by atoms with Gasteiger partial charge in [-0.3, -0.25) is 19.3 Å². The third-order valence-electron chi connectivity index (χ3n) is 5.02. The number of benzene rings is 3. The maximum Gasteiger partial charge on any atom is 0.294 e. The molecule has 4 rings (SSSR count). The van der Waals surface area contributed by atoms with Crippen LogP contribution in [0.3, 0.4) is 0 Å². The minimum Gasteiger partial charge on any atom is -0.488 e. The number of halogens is 1. The van der Waals surface area contributed by atoms with Gasteiger partial charge in [0.25, 0.3) is 11.1 Å². The zero-order valence-corrected chi connectivity index (χ0v) is 19.9. The lowest BCUT2D eigenvalue weighted by Gasteiger charge is -2.12. The molecule has 3 aromatic carbocycles. The Balaban J connectivity index is 1.44. The number of imide groups is 1. The number of para-hydroxylation sites is 1. The van der Waals surface area contributed by atoms with Crippen molar-refractivity contribution in [3.8, 4) is 5.75 Å². The summed E-state index contributed by atoms with van der Waals surface area (Å²) in [6.07, 6.45) is 1.61. The molecule has 1 heterocycles. The quantitative estimate of drug-likeness (QED) is 0.415. The number of amides is 3. The standard InChI is InChI=1S/C26H21ClN2O4S/c1-17-6-12-21(13-7-17)28-24(30)15-29-25(31)23(34-26(29)32)14-19-4-2-3-5-22(19)33-16-18-8-10-20(27)11-9-18/h2-14H,15-16H2,1H3,(H,28,30)/b23-14+. The first-order valence-electron chi connectivity index (χ1n) is 10.5. The molecule has 0 spiro atoms. The normalized spacial score (nSPS) is 14.5. The van der Waals surface area contributed by atoms with Crippen LogP contribution in [0.1, 0.15) is 16.7 Å². The van der Waals surface area contributed by atoms with Crippen LogP contribution in [-0.4, -0.2) is 28.5 Å². The van der Waals surface area contributed by atoms with Crippen LogP contribution < -0.4 is 10.1 Å².